The van der Waals surface area contributed by atoms with E-state index in [0.717, 1.165) is 40.7 Å². The molecule has 0 saturated heterocycles. The molecule has 3 aromatic heterocycles. The van der Waals surface area contributed by atoms with E-state index in [1.807, 2.05) is 39.2 Å². The standard InChI is InChI=1S/C28H30F3N5O2S/c1-18-20(6-5-7-23(18)28(29,30)31)15-25-24(17-37-4)33-27-22(26-32-10-11-36(26)39-34(2)3)14-21(16-35(25)27)19-8-12-38-13-9-19/h5-8,10-11,14,16H,9,12-13,15,17H2,1-4H3. The number of halogens is 3. The second kappa shape index (κ2) is 11.2. The molecule has 0 bridgehead atoms. The molecular formula is C28H30F3N5O2S. The summed E-state index contributed by atoms with van der Waals surface area (Å²) in [5.74, 6) is 0.726. The van der Waals surface area contributed by atoms with Crippen LogP contribution in [-0.4, -0.2) is 57.1 Å². The van der Waals surface area contributed by atoms with Crippen LogP contribution in [0.3, 0.4) is 0 Å². The summed E-state index contributed by atoms with van der Waals surface area (Å²) in [5, 5.41) is 0. The molecule has 1 aliphatic rings. The van der Waals surface area contributed by atoms with Gasteiger partial charge in [-0.05, 0) is 61.8 Å². The van der Waals surface area contributed by atoms with E-state index in [9.17, 15) is 13.2 Å². The van der Waals surface area contributed by atoms with Crippen LogP contribution in [0.4, 0.5) is 13.2 Å². The van der Waals surface area contributed by atoms with Crippen molar-refractivity contribution in [2.24, 2.45) is 0 Å². The fourth-order valence-corrected chi connectivity index (χ4v) is 5.58. The molecule has 0 N–H and O–H groups in total. The summed E-state index contributed by atoms with van der Waals surface area (Å²) in [7, 11) is 5.49. The Labute approximate surface area is 229 Å². The highest BCUT2D eigenvalue weighted by molar-refractivity contribution is 7.95. The van der Waals surface area contributed by atoms with Crippen LogP contribution in [0.25, 0.3) is 22.6 Å². The molecule has 1 aromatic carbocycles. The van der Waals surface area contributed by atoms with Crippen molar-refractivity contribution in [2.75, 3.05) is 34.4 Å². The Balaban J connectivity index is 1.74. The molecule has 0 saturated carbocycles. The summed E-state index contributed by atoms with van der Waals surface area (Å²) in [4.78, 5) is 9.62. The maximum absolute atomic E-state index is 13.7. The van der Waals surface area contributed by atoms with Crippen molar-refractivity contribution in [3.05, 3.63) is 82.6 Å². The SMILES string of the molecule is COCc1nc2c(-c3nccn3SN(C)C)cc(C3=CCOCC3)cn2c1Cc1cccc(C(F)(F)F)c1C. The average molecular weight is 558 g/mol. The van der Waals surface area contributed by atoms with Gasteiger partial charge >= 0.3 is 6.18 Å². The molecule has 0 atom stereocenters. The van der Waals surface area contributed by atoms with Gasteiger partial charge in [-0.15, -0.1) is 0 Å². The molecule has 0 unspecified atom stereocenters. The Hall–Kier alpha value is -3.12. The van der Waals surface area contributed by atoms with Crippen molar-refractivity contribution in [1.82, 2.24) is 22.6 Å². The van der Waals surface area contributed by atoms with Gasteiger partial charge in [-0.1, -0.05) is 18.2 Å². The van der Waals surface area contributed by atoms with Crippen molar-refractivity contribution in [3.8, 4) is 11.4 Å². The van der Waals surface area contributed by atoms with Gasteiger partial charge in [0.1, 0.15) is 5.65 Å². The molecule has 206 valence electrons. The molecule has 0 radical (unpaired) electrons. The second-order valence-electron chi connectivity index (χ2n) is 9.56. The number of methoxy groups -OCH3 is 1. The second-order valence-corrected chi connectivity index (χ2v) is 10.9. The number of rotatable bonds is 8. The minimum absolute atomic E-state index is 0.213. The smallest absolute Gasteiger partial charge is 0.378 e. The largest absolute Gasteiger partial charge is 0.416 e. The lowest BCUT2D eigenvalue weighted by Crippen LogP contribution is -2.10. The highest BCUT2D eigenvalue weighted by Gasteiger charge is 2.33. The van der Waals surface area contributed by atoms with E-state index in [2.05, 4.69) is 17.1 Å². The molecule has 11 heteroatoms. The third-order valence-electron chi connectivity index (χ3n) is 6.73. The first-order valence-corrected chi connectivity index (χ1v) is 13.3. The Bertz CT molecular complexity index is 1520. The van der Waals surface area contributed by atoms with Crippen LogP contribution in [0.2, 0.25) is 0 Å². The molecule has 1 aliphatic heterocycles. The molecule has 39 heavy (non-hydrogen) atoms. The number of nitrogens with zero attached hydrogens (tertiary/aromatic N) is 5. The van der Waals surface area contributed by atoms with Gasteiger partial charge in [-0.2, -0.15) is 13.2 Å². The monoisotopic (exact) mass is 557 g/mol. The molecule has 0 amide bonds. The molecule has 5 rings (SSSR count). The molecule has 7 nitrogen and oxygen atoms in total. The number of fused-ring (bicyclic) bond motifs is 1. The highest BCUT2D eigenvalue weighted by Crippen LogP contribution is 2.36. The van der Waals surface area contributed by atoms with Crippen LogP contribution in [0.15, 0.2) is 48.9 Å². The van der Waals surface area contributed by atoms with Gasteiger partial charge in [-0.25, -0.2) is 14.3 Å². The predicted molar refractivity (Wildman–Crippen MR) is 146 cm³/mol. The Morgan fingerprint density at radius 1 is 1.23 bits per heavy atom. The van der Waals surface area contributed by atoms with E-state index < -0.39 is 11.7 Å². The number of alkyl halides is 3. The van der Waals surface area contributed by atoms with Gasteiger partial charge in [0.15, 0.2) is 5.82 Å². The number of ether oxygens (including phenoxy) is 2. The number of hydrogen-bond donors (Lipinski definition) is 0. The first-order valence-electron chi connectivity index (χ1n) is 12.5. The first kappa shape index (κ1) is 27.4. The van der Waals surface area contributed by atoms with Crippen LogP contribution in [0, 0.1) is 6.92 Å². The van der Waals surface area contributed by atoms with Crippen LogP contribution in [-0.2, 0) is 28.7 Å². The van der Waals surface area contributed by atoms with Crippen molar-refractivity contribution in [3.63, 3.8) is 0 Å². The van der Waals surface area contributed by atoms with Gasteiger partial charge < -0.3 is 13.9 Å². The molecule has 0 spiro atoms. The topological polar surface area (TPSA) is 56.8 Å². The summed E-state index contributed by atoms with van der Waals surface area (Å²) in [6, 6.07) is 6.42. The molecule has 0 fully saturated rings. The van der Waals surface area contributed by atoms with Gasteiger partial charge in [0, 0.05) is 44.3 Å². The van der Waals surface area contributed by atoms with Crippen molar-refractivity contribution < 1.29 is 22.6 Å². The number of benzene rings is 1. The third-order valence-corrected chi connectivity index (χ3v) is 7.52. The quantitative estimate of drug-likeness (QED) is 0.246. The van der Waals surface area contributed by atoms with E-state index in [1.165, 1.54) is 25.1 Å². The summed E-state index contributed by atoms with van der Waals surface area (Å²) in [6.07, 6.45) is 4.32. The van der Waals surface area contributed by atoms with Crippen molar-refractivity contribution in [2.45, 2.75) is 32.5 Å². The van der Waals surface area contributed by atoms with Crippen LogP contribution < -0.4 is 0 Å². The third kappa shape index (κ3) is 5.62. The summed E-state index contributed by atoms with van der Waals surface area (Å²) in [6.45, 7) is 2.90. The maximum atomic E-state index is 13.7. The predicted octanol–water partition coefficient (Wildman–Crippen LogP) is 6.04. The summed E-state index contributed by atoms with van der Waals surface area (Å²) < 4.78 is 58.0. The van der Waals surface area contributed by atoms with Gasteiger partial charge in [0.25, 0.3) is 0 Å². The minimum atomic E-state index is -4.42. The van der Waals surface area contributed by atoms with E-state index in [4.69, 9.17) is 14.5 Å². The van der Waals surface area contributed by atoms with E-state index in [0.29, 0.717) is 30.1 Å². The van der Waals surface area contributed by atoms with E-state index >= 15 is 0 Å². The lowest BCUT2D eigenvalue weighted by Gasteiger charge is -2.18. The number of aromatic nitrogens is 4. The number of pyridine rings is 1. The minimum Gasteiger partial charge on any atom is -0.378 e. The summed E-state index contributed by atoms with van der Waals surface area (Å²) >= 11 is 1.49. The van der Waals surface area contributed by atoms with Crippen molar-refractivity contribution >= 4 is 23.4 Å². The van der Waals surface area contributed by atoms with E-state index in [1.54, 1.807) is 19.4 Å². The first-order chi connectivity index (χ1) is 18.7. The van der Waals surface area contributed by atoms with Crippen molar-refractivity contribution in [1.29, 1.82) is 0 Å². The molecule has 4 heterocycles. The zero-order valence-electron chi connectivity index (χ0n) is 22.2. The van der Waals surface area contributed by atoms with Gasteiger partial charge in [-0.3, -0.25) is 3.97 Å². The average Bonchev–Trinajstić information content (AvgIpc) is 3.49. The Morgan fingerprint density at radius 2 is 2.05 bits per heavy atom. The maximum Gasteiger partial charge on any atom is 0.416 e. The number of hydrogen-bond acceptors (Lipinski definition) is 6. The van der Waals surface area contributed by atoms with Crippen LogP contribution >= 0.6 is 12.1 Å². The fraction of sp³-hybridized carbons (Fsp3) is 0.357. The fourth-order valence-electron chi connectivity index (χ4n) is 4.89. The van der Waals surface area contributed by atoms with Crippen LogP contribution in [0.5, 0.6) is 0 Å². The Kier molecular flexibility index (Phi) is 7.86. The molecular weight excluding hydrogens is 527 g/mol. The normalized spacial score (nSPS) is 14.4. The van der Waals surface area contributed by atoms with Gasteiger partial charge in [0.2, 0.25) is 0 Å². The summed E-state index contributed by atoms with van der Waals surface area (Å²) in [5.41, 5.74) is 5.26. The van der Waals surface area contributed by atoms with E-state index in [-0.39, 0.29) is 18.6 Å². The lowest BCUT2D eigenvalue weighted by atomic mass is 9.97. The molecule has 0 aliphatic carbocycles. The zero-order valence-corrected chi connectivity index (χ0v) is 23.1. The Morgan fingerprint density at radius 3 is 2.74 bits per heavy atom. The van der Waals surface area contributed by atoms with Crippen LogP contribution in [0.1, 0.15) is 40.1 Å². The highest BCUT2D eigenvalue weighted by atomic mass is 32.2. The number of imidazole rings is 2. The van der Waals surface area contributed by atoms with Gasteiger partial charge in [0.05, 0.1) is 42.3 Å². The zero-order chi connectivity index (χ0) is 27.7. The lowest BCUT2D eigenvalue weighted by molar-refractivity contribution is -0.138. The molecule has 4 aromatic rings.